The molecule has 3 N–H and O–H groups in total. The van der Waals surface area contributed by atoms with Gasteiger partial charge in [-0.25, -0.2) is 0 Å². The van der Waals surface area contributed by atoms with Crippen LogP contribution in [-0.4, -0.2) is 30.7 Å². The van der Waals surface area contributed by atoms with Crippen molar-refractivity contribution >= 4 is 5.91 Å². The van der Waals surface area contributed by atoms with Gasteiger partial charge in [0.25, 0.3) is 0 Å². The molecule has 0 saturated heterocycles. The predicted octanol–water partition coefficient (Wildman–Crippen LogP) is 1.43. The Morgan fingerprint density at radius 2 is 2.17 bits per heavy atom. The fourth-order valence-electron chi connectivity index (χ4n) is 3.18. The monoisotopic (exact) mass is 254 g/mol. The summed E-state index contributed by atoms with van der Waals surface area (Å²) >= 11 is 0. The number of nitrogens with two attached hydrogens (primary N) is 1. The van der Waals surface area contributed by atoms with Gasteiger partial charge in [-0.05, 0) is 33.1 Å². The van der Waals surface area contributed by atoms with Crippen molar-refractivity contribution in [1.29, 1.82) is 0 Å². The third-order valence-corrected chi connectivity index (χ3v) is 4.96. The number of nitrogens with one attached hydrogen (secondary N) is 1. The highest BCUT2D eigenvalue weighted by atomic mass is 16.5. The van der Waals surface area contributed by atoms with E-state index < -0.39 is 0 Å². The third kappa shape index (κ3) is 2.16. The highest BCUT2D eigenvalue weighted by Gasteiger charge is 2.59. The second kappa shape index (κ2) is 5.17. The molecule has 2 fully saturated rings. The first-order chi connectivity index (χ1) is 8.51. The number of rotatable bonds is 5. The second-order valence-electron chi connectivity index (χ2n) is 5.98. The first kappa shape index (κ1) is 13.8. The predicted molar refractivity (Wildman–Crippen MR) is 71.1 cm³/mol. The highest BCUT2D eigenvalue weighted by Crippen LogP contribution is 2.57. The standard InChI is InChI=1S/C14H26N2O2/c1-4-18-12-8-11(14(12)6-5-7-14)16-13(17)9(2)10(3)15/h9-12H,4-8,15H2,1-3H3,(H,16,17). The smallest absolute Gasteiger partial charge is 0.224 e. The molecule has 0 aromatic rings. The molecule has 0 aromatic heterocycles. The Hall–Kier alpha value is -0.610. The van der Waals surface area contributed by atoms with Crippen molar-refractivity contribution in [3.05, 3.63) is 0 Å². The summed E-state index contributed by atoms with van der Waals surface area (Å²) in [7, 11) is 0. The maximum atomic E-state index is 12.0. The van der Waals surface area contributed by atoms with Gasteiger partial charge in [-0.15, -0.1) is 0 Å². The van der Waals surface area contributed by atoms with Crippen molar-refractivity contribution in [2.45, 2.75) is 64.6 Å². The maximum Gasteiger partial charge on any atom is 0.224 e. The first-order valence-electron chi connectivity index (χ1n) is 7.19. The Morgan fingerprint density at radius 1 is 1.50 bits per heavy atom. The quantitative estimate of drug-likeness (QED) is 0.780. The molecule has 0 heterocycles. The minimum atomic E-state index is -0.117. The fourth-order valence-corrected chi connectivity index (χ4v) is 3.18. The van der Waals surface area contributed by atoms with Crippen LogP contribution in [0.15, 0.2) is 0 Å². The topological polar surface area (TPSA) is 64.3 Å². The van der Waals surface area contributed by atoms with E-state index in [2.05, 4.69) is 5.32 Å². The Bertz CT molecular complexity index is 313. The fraction of sp³-hybridized carbons (Fsp3) is 0.929. The highest BCUT2D eigenvalue weighted by molar-refractivity contribution is 5.79. The molecule has 104 valence electrons. The second-order valence-corrected chi connectivity index (χ2v) is 5.98. The Labute approximate surface area is 110 Å². The van der Waals surface area contributed by atoms with Gasteiger partial charge in [-0.1, -0.05) is 13.3 Å². The molecular weight excluding hydrogens is 228 g/mol. The van der Waals surface area contributed by atoms with Crippen LogP contribution in [0.25, 0.3) is 0 Å². The number of hydrogen-bond donors (Lipinski definition) is 2. The van der Waals surface area contributed by atoms with Crippen LogP contribution < -0.4 is 11.1 Å². The molecule has 2 rings (SSSR count). The summed E-state index contributed by atoms with van der Waals surface area (Å²) in [4.78, 5) is 12.0. The van der Waals surface area contributed by atoms with Crippen LogP contribution in [0.4, 0.5) is 0 Å². The summed E-state index contributed by atoms with van der Waals surface area (Å²) in [6.07, 6.45) is 4.96. The lowest BCUT2D eigenvalue weighted by molar-refractivity contribution is -0.176. The number of carbonyl (C=O) groups is 1. The van der Waals surface area contributed by atoms with Crippen LogP contribution >= 0.6 is 0 Å². The molecule has 2 aliphatic rings. The number of ether oxygens (including phenoxy) is 1. The lowest BCUT2D eigenvalue weighted by atomic mass is 9.51. The molecule has 0 aliphatic heterocycles. The largest absolute Gasteiger partial charge is 0.378 e. The summed E-state index contributed by atoms with van der Waals surface area (Å²) in [5.41, 5.74) is 6.01. The van der Waals surface area contributed by atoms with Crippen LogP contribution in [0.3, 0.4) is 0 Å². The van der Waals surface area contributed by atoms with Crippen LogP contribution in [0.2, 0.25) is 0 Å². The number of hydrogen-bond acceptors (Lipinski definition) is 3. The van der Waals surface area contributed by atoms with Crippen LogP contribution in [0, 0.1) is 11.3 Å². The average Bonchev–Trinajstić information content (AvgIpc) is 2.23. The first-order valence-corrected chi connectivity index (χ1v) is 7.19. The minimum Gasteiger partial charge on any atom is -0.378 e. The van der Waals surface area contributed by atoms with Crippen molar-refractivity contribution in [1.82, 2.24) is 5.32 Å². The van der Waals surface area contributed by atoms with Crippen molar-refractivity contribution < 1.29 is 9.53 Å². The van der Waals surface area contributed by atoms with E-state index in [1.54, 1.807) is 0 Å². The van der Waals surface area contributed by atoms with Gasteiger partial charge in [-0.3, -0.25) is 4.79 Å². The van der Waals surface area contributed by atoms with Gasteiger partial charge in [0.2, 0.25) is 5.91 Å². The third-order valence-electron chi connectivity index (χ3n) is 4.96. The Kier molecular flexibility index (Phi) is 3.97. The molecule has 0 bridgehead atoms. The summed E-state index contributed by atoms with van der Waals surface area (Å²) in [5.74, 6) is -0.0236. The molecule has 4 atom stereocenters. The van der Waals surface area contributed by atoms with E-state index in [0.29, 0.717) is 12.1 Å². The molecule has 4 nitrogen and oxygen atoms in total. The molecule has 18 heavy (non-hydrogen) atoms. The lowest BCUT2D eigenvalue weighted by Gasteiger charge is -2.61. The van der Waals surface area contributed by atoms with E-state index in [9.17, 15) is 4.79 Å². The summed E-state index contributed by atoms with van der Waals surface area (Å²) in [6, 6.07) is 0.210. The van der Waals surface area contributed by atoms with Gasteiger partial charge in [0.05, 0.1) is 6.10 Å². The van der Waals surface area contributed by atoms with E-state index in [4.69, 9.17) is 10.5 Å². The zero-order valence-corrected chi connectivity index (χ0v) is 11.7. The summed E-state index contributed by atoms with van der Waals surface area (Å²) in [5, 5.41) is 3.18. The average molecular weight is 254 g/mol. The minimum absolute atomic E-state index is 0.0925. The van der Waals surface area contributed by atoms with Gasteiger partial charge >= 0.3 is 0 Å². The summed E-state index contributed by atoms with van der Waals surface area (Å²) < 4.78 is 5.78. The molecule has 2 saturated carbocycles. The Morgan fingerprint density at radius 3 is 2.61 bits per heavy atom. The SMILES string of the molecule is CCOC1CC(NC(=O)C(C)C(C)N)C12CCC2. The van der Waals surface area contributed by atoms with Gasteiger partial charge in [-0.2, -0.15) is 0 Å². The van der Waals surface area contributed by atoms with E-state index in [0.717, 1.165) is 13.0 Å². The molecule has 4 unspecified atom stereocenters. The van der Waals surface area contributed by atoms with Crippen molar-refractivity contribution in [2.75, 3.05) is 6.61 Å². The van der Waals surface area contributed by atoms with E-state index in [-0.39, 0.29) is 23.3 Å². The molecule has 0 aromatic carbocycles. The van der Waals surface area contributed by atoms with Gasteiger partial charge in [0.1, 0.15) is 0 Å². The van der Waals surface area contributed by atoms with E-state index >= 15 is 0 Å². The molecule has 1 amide bonds. The maximum absolute atomic E-state index is 12.0. The molecule has 4 heteroatoms. The Balaban J connectivity index is 1.90. The van der Waals surface area contributed by atoms with Crippen molar-refractivity contribution in [3.63, 3.8) is 0 Å². The van der Waals surface area contributed by atoms with E-state index in [1.807, 2.05) is 20.8 Å². The van der Waals surface area contributed by atoms with Crippen LogP contribution in [0.1, 0.15) is 46.5 Å². The summed E-state index contributed by atoms with van der Waals surface area (Å²) in [6.45, 7) is 6.58. The zero-order valence-electron chi connectivity index (χ0n) is 11.7. The van der Waals surface area contributed by atoms with Gasteiger partial charge < -0.3 is 15.8 Å². The van der Waals surface area contributed by atoms with Crippen molar-refractivity contribution in [3.8, 4) is 0 Å². The van der Waals surface area contributed by atoms with Crippen LogP contribution in [-0.2, 0) is 9.53 Å². The number of amides is 1. The van der Waals surface area contributed by atoms with Gasteiger partial charge in [0.15, 0.2) is 0 Å². The van der Waals surface area contributed by atoms with Gasteiger partial charge in [0, 0.05) is 30.0 Å². The van der Waals surface area contributed by atoms with Crippen LogP contribution in [0.5, 0.6) is 0 Å². The number of carbonyl (C=O) groups excluding carboxylic acids is 1. The van der Waals surface area contributed by atoms with Crippen molar-refractivity contribution in [2.24, 2.45) is 17.1 Å². The molecule has 1 spiro atoms. The van der Waals surface area contributed by atoms with E-state index in [1.165, 1.54) is 19.3 Å². The molecule has 0 radical (unpaired) electrons. The lowest BCUT2D eigenvalue weighted by Crippen LogP contribution is -2.68. The zero-order chi connectivity index (χ0) is 13.3. The molecule has 2 aliphatic carbocycles. The molecular formula is C14H26N2O2. The normalized spacial score (nSPS) is 32.2.